The molecule has 3 heterocycles. The van der Waals surface area contributed by atoms with Crippen LogP contribution >= 0.6 is 23.2 Å². The number of hydrogen-bond acceptors (Lipinski definition) is 5. The van der Waals surface area contributed by atoms with Crippen LogP contribution in [-0.2, 0) is 4.74 Å². The minimum absolute atomic E-state index is 0.191. The van der Waals surface area contributed by atoms with Crippen molar-refractivity contribution >= 4 is 51.2 Å². The van der Waals surface area contributed by atoms with Crippen molar-refractivity contribution in [3.05, 3.63) is 57.7 Å². The highest BCUT2D eigenvalue weighted by Crippen LogP contribution is 2.35. The number of hydrogen-bond donors (Lipinski definition) is 1. The molecule has 1 aliphatic rings. The first-order valence-corrected chi connectivity index (χ1v) is 10.3. The Morgan fingerprint density at radius 3 is 2.70 bits per heavy atom. The summed E-state index contributed by atoms with van der Waals surface area (Å²) in [5.74, 6) is -0.346. The summed E-state index contributed by atoms with van der Waals surface area (Å²) >= 11 is 12.5. The molecule has 2 aromatic carbocycles. The largest absolute Gasteiger partial charge is 0.452 e. The molecule has 0 spiro atoms. The predicted octanol–water partition coefficient (Wildman–Crippen LogP) is 4.36. The van der Waals surface area contributed by atoms with Gasteiger partial charge in [0, 0.05) is 23.5 Å². The lowest BCUT2D eigenvalue weighted by molar-refractivity contribution is 0.0125. The van der Waals surface area contributed by atoms with E-state index in [1.807, 2.05) is 30.1 Å². The molecule has 0 atom stereocenters. The molecule has 0 saturated carbocycles. The Hall–Kier alpha value is -2.58. The maximum atomic E-state index is 13.1. The average Bonchev–Trinajstić information content (AvgIpc) is 3.25. The summed E-state index contributed by atoms with van der Waals surface area (Å²) in [4.78, 5) is 13.1. The van der Waals surface area contributed by atoms with Gasteiger partial charge in [-0.15, -0.1) is 0 Å². The Kier molecular flexibility index (Phi) is 4.91. The van der Waals surface area contributed by atoms with Crippen LogP contribution in [-0.4, -0.2) is 47.0 Å². The number of rotatable bonds is 3. The van der Waals surface area contributed by atoms with E-state index in [-0.39, 0.29) is 11.6 Å². The van der Waals surface area contributed by atoms with Crippen LogP contribution in [0.3, 0.4) is 0 Å². The number of nitrogens with one attached hydrogen (secondary N) is 1. The zero-order valence-corrected chi connectivity index (χ0v) is 17.6. The number of halogens is 2. The summed E-state index contributed by atoms with van der Waals surface area (Å²) in [7, 11) is 0. The smallest absolute Gasteiger partial charge is 0.290 e. The number of hydrazine groups is 1. The van der Waals surface area contributed by atoms with Gasteiger partial charge in [0.1, 0.15) is 11.1 Å². The summed E-state index contributed by atoms with van der Waals surface area (Å²) in [5, 5.41) is 8.18. The molecule has 0 radical (unpaired) electrons. The molecule has 4 aromatic rings. The Morgan fingerprint density at radius 2 is 1.93 bits per heavy atom. The van der Waals surface area contributed by atoms with Crippen LogP contribution in [0.4, 0.5) is 0 Å². The number of ether oxygens (including phenoxy) is 1. The van der Waals surface area contributed by atoms with Crippen LogP contribution in [0.1, 0.15) is 16.1 Å². The first kappa shape index (κ1) is 19.4. The molecular formula is C21H18Cl2N4O3. The summed E-state index contributed by atoms with van der Waals surface area (Å²) < 4.78 is 13.1. The van der Waals surface area contributed by atoms with Crippen LogP contribution in [0.2, 0.25) is 10.0 Å². The van der Waals surface area contributed by atoms with Crippen LogP contribution in [0.5, 0.6) is 0 Å². The van der Waals surface area contributed by atoms with E-state index in [2.05, 4.69) is 10.5 Å². The first-order valence-electron chi connectivity index (χ1n) is 9.52. The highest BCUT2D eigenvalue weighted by Gasteiger charge is 2.26. The van der Waals surface area contributed by atoms with Crippen molar-refractivity contribution in [3.63, 3.8) is 0 Å². The number of carbonyl (C=O) groups excluding carboxylic acids is 1. The summed E-state index contributed by atoms with van der Waals surface area (Å²) in [6.07, 6.45) is 0. The number of benzene rings is 2. The van der Waals surface area contributed by atoms with Gasteiger partial charge in [-0.3, -0.25) is 10.2 Å². The fourth-order valence-electron chi connectivity index (χ4n) is 3.60. The molecule has 154 valence electrons. The van der Waals surface area contributed by atoms with Gasteiger partial charge in [-0.05, 0) is 42.8 Å². The van der Waals surface area contributed by atoms with Gasteiger partial charge >= 0.3 is 0 Å². The lowest BCUT2D eigenvalue weighted by Gasteiger charge is -2.26. The van der Waals surface area contributed by atoms with E-state index in [1.165, 1.54) is 0 Å². The number of amides is 1. The molecule has 0 unspecified atom stereocenters. The van der Waals surface area contributed by atoms with Gasteiger partial charge in [0.05, 0.1) is 23.9 Å². The summed E-state index contributed by atoms with van der Waals surface area (Å²) in [6.45, 7) is 4.33. The number of furan rings is 1. The van der Waals surface area contributed by atoms with Crippen LogP contribution in [0.25, 0.3) is 27.8 Å². The van der Waals surface area contributed by atoms with Crippen LogP contribution in [0, 0.1) is 6.92 Å². The molecule has 30 heavy (non-hydrogen) atoms. The molecule has 2 aromatic heterocycles. The van der Waals surface area contributed by atoms with Gasteiger partial charge in [0.25, 0.3) is 5.91 Å². The molecule has 1 N–H and O–H groups in total. The number of aryl methyl sites for hydroxylation is 1. The van der Waals surface area contributed by atoms with Crippen molar-refractivity contribution in [1.29, 1.82) is 0 Å². The average molecular weight is 445 g/mol. The Balaban J connectivity index is 1.69. The van der Waals surface area contributed by atoms with Crippen LogP contribution in [0.15, 0.2) is 40.8 Å². The quantitative estimate of drug-likeness (QED) is 0.507. The van der Waals surface area contributed by atoms with Gasteiger partial charge in [0.2, 0.25) is 0 Å². The minimum atomic E-state index is -0.346. The molecule has 5 rings (SSSR count). The van der Waals surface area contributed by atoms with Crippen molar-refractivity contribution in [1.82, 2.24) is 20.2 Å². The van der Waals surface area contributed by atoms with E-state index in [0.717, 1.165) is 10.9 Å². The molecule has 7 nitrogen and oxygen atoms in total. The van der Waals surface area contributed by atoms with E-state index in [1.54, 1.807) is 22.9 Å². The van der Waals surface area contributed by atoms with Crippen molar-refractivity contribution < 1.29 is 13.9 Å². The zero-order chi connectivity index (χ0) is 20.8. The standard InChI is InChI=1S/C21H18Cl2N4O3/c1-12-2-4-14-17(10-12)30-20-18(21(28)25-26-6-8-29-9-7-26)24-27(19(14)20)16-5-3-13(22)11-15(16)23/h2-5,10-11H,6-9H2,1H3,(H,25,28). The third-order valence-electron chi connectivity index (χ3n) is 5.07. The van der Waals surface area contributed by atoms with E-state index in [4.69, 9.17) is 32.4 Å². The molecule has 0 aliphatic carbocycles. The predicted molar refractivity (Wildman–Crippen MR) is 115 cm³/mol. The lowest BCUT2D eigenvalue weighted by atomic mass is 10.2. The third kappa shape index (κ3) is 3.33. The topological polar surface area (TPSA) is 72.5 Å². The summed E-state index contributed by atoms with van der Waals surface area (Å²) in [6, 6.07) is 11.0. The van der Waals surface area contributed by atoms with Crippen LogP contribution < -0.4 is 5.43 Å². The second-order valence-corrected chi connectivity index (χ2v) is 8.02. The van der Waals surface area contributed by atoms with Gasteiger partial charge < -0.3 is 9.15 Å². The Bertz CT molecular complexity index is 1270. The Labute approximate surface area is 182 Å². The maximum absolute atomic E-state index is 13.1. The van der Waals surface area contributed by atoms with E-state index >= 15 is 0 Å². The molecular weight excluding hydrogens is 427 g/mol. The maximum Gasteiger partial charge on any atom is 0.290 e. The lowest BCUT2D eigenvalue weighted by Crippen LogP contribution is -2.48. The molecule has 9 heteroatoms. The monoisotopic (exact) mass is 444 g/mol. The van der Waals surface area contributed by atoms with Crippen molar-refractivity contribution in [2.75, 3.05) is 26.3 Å². The number of nitrogens with zero attached hydrogens (tertiary/aromatic N) is 3. The molecule has 1 fully saturated rings. The number of fused-ring (bicyclic) bond motifs is 3. The molecule has 1 amide bonds. The summed E-state index contributed by atoms with van der Waals surface area (Å²) in [5.41, 5.74) is 6.53. The molecule has 0 bridgehead atoms. The minimum Gasteiger partial charge on any atom is -0.452 e. The fourth-order valence-corrected chi connectivity index (χ4v) is 4.09. The second-order valence-electron chi connectivity index (χ2n) is 7.18. The fraction of sp³-hybridized carbons (Fsp3) is 0.238. The third-order valence-corrected chi connectivity index (χ3v) is 5.61. The number of aromatic nitrogens is 2. The van der Waals surface area contributed by atoms with Gasteiger partial charge in [-0.1, -0.05) is 29.3 Å². The molecule has 1 aliphatic heterocycles. The zero-order valence-electron chi connectivity index (χ0n) is 16.1. The number of carbonyl (C=O) groups is 1. The van der Waals surface area contributed by atoms with E-state index < -0.39 is 0 Å². The SMILES string of the molecule is Cc1ccc2c(c1)oc1c(C(=O)NN3CCOCC3)nn(-c3ccc(Cl)cc3Cl)c12. The van der Waals surface area contributed by atoms with Crippen molar-refractivity contribution in [2.24, 2.45) is 0 Å². The molecule has 1 saturated heterocycles. The van der Waals surface area contributed by atoms with Gasteiger partial charge in [-0.25, -0.2) is 9.69 Å². The van der Waals surface area contributed by atoms with E-state index in [9.17, 15) is 4.79 Å². The first-order chi connectivity index (χ1) is 14.5. The Morgan fingerprint density at radius 1 is 1.13 bits per heavy atom. The normalized spacial score (nSPS) is 15.2. The number of morpholine rings is 1. The highest BCUT2D eigenvalue weighted by atomic mass is 35.5. The highest BCUT2D eigenvalue weighted by molar-refractivity contribution is 6.35. The van der Waals surface area contributed by atoms with Gasteiger partial charge in [-0.2, -0.15) is 5.10 Å². The second kappa shape index (κ2) is 7.59. The van der Waals surface area contributed by atoms with Crippen molar-refractivity contribution in [3.8, 4) is 5.69 Å². The van der Waals surface area contributed by atoms with Crippen molar-refractivity contribution in [2.45, 2.75) is 6.92 Å². The van der Waals surface area contributed by atoms with Gasteiger partial charge in [0.15, 0.2) is 11.3 Å². The van der Waals surface area contributed by atoms with E-state index in [0.29, 0.717) is 58.7 Å².